The third-order valence-corrected chi connectivity index (χ3v) is 8.52. The van der Waals surface area contributed by atoms with Gasteiger partial charge in [-0.15, -0.1) is 0 Å². The van der Waals surface area contributed by atoms with Gasteiger partial charge in [0.05, 0.1) is 19.5 Å². The molecule has 0 aliphatic rings. The largest absolute Gasteiger partial charge is 0.496 e. The minimum absolute atomic E-state index is 0.109. The Bertz CT molecular complexity index is 1120. The van der Waals surface area contributed by atoms with Crippen LogP contribution in [0.15, 0.2) is 71.6 Å². The average molecular weight is 444 g/mol. The summed E-state index contributed by atoms with van der Waals surface area (Å²) in [5.41, 5.74) is 1.10. The van der Waals surface area contributed by atoms with Crippen LogP contribution < -0.4 is 25.4 Å². The van der Waals surface area contributed by atoms with Gasteiger partial charge in [0.2, 0.25) is 0 Å². The molecule has 0 fully saturated rings. The Morgan fingerprint density at radius 2 is 1.33 bits per heavy atom. The van der Waals surface area contributed by atoms with Gasteiger partial charge in [-0.05, 0) is 42.9 Å². The second kappa shape index (κ2) is 9.17. The summed E-state index contributed by atoms with van der Waals surface area (Å²) in [7, 11) is -2.70. The molecule has 1 unspecified atom stereocenters. The first-order valence-electron chi connectivity index (χ1n) is 9.46. The smallest absolute Gasteiger partial charge is 0.295 e. The molecule has 0 saturated heterocycles. The van der Waals surface area contributed by atoms with Crippen molar-refractivity contribution in [3.8, 4) is 11.5 Å². The highest BCUT2D eigenvalue weighted by Gasteiger charge is 2.31. The van der Waals surface area contributed by atoms with Gasteiger partial charge < -0.3 is 9.47 Å². The molecule has 158 valence electrons. The summed E-state index contributed by atoms with van der Waals surface area (Å²) in [5, 5.41) is 2.27. The van der Waals surface area contributed by atoms with Crippen LogP contribution in [-0.4, -0.2) is 27.2 Å². The van der Waals surface area contributed by atoms with Gasteiger partial charge >= 0.3 is 0 Å². The number of hydrogen-bond acceptors (Lipinski definition) is 4. The van der Waals surface area contributed by atoms with Crippen LogP contribution in [0.3, 0.4) is 0 Å². The molecule has 5 nitrogen and oxygen atoms in total. The maximum absolute atomic E-state index is 12.3. The van der Waals surface area contributed by atoms with Gasteiger partial charge in [0.1, 0.15) is 16.4 Å². The van der Waals surface area contributed by atoms with E-state index in [2.05, 4.69) is 13.8 Å². The molecular formula is C23H25O5PS. The van der Waals surface area contributed by atoms with E-state index in [4.69, 9.17) is 9.47 Å². The number of ether oxygens (including phenoxy) is 2. The topological polar surface area (TPSA) is 72.8 Å². The van der Waals surface area contributed by atoms with Crippen molar-refractivity contribution in [1.82, 2.24) is 0 Å². The van der Waals surface area contributed by atoms with Crippen LogP contribution in [0, 0.1) is 0 Å². The molecule has 0 aliphatic heterocycles. The fourth-order valence-electron chi connectivity index (χ4n) is 3.46. The van der Waals surface area contributed by atoms with Gasteiger partial charge in [-0.25, -0.2) is 0 Å². The van der Waals surface area contributed by atoms with Gasteiger partial charge in [-0.3, -0.25) is 4.55 Å². The average Bonchev–Trinajstić information content (AvgIpc) is 2.74. The molecule has 0 saturated carbocycles. The highest BCUT2D eigenvalue weighted by Crippen LogP contribution is 2.43. The summed E-state index contributed by atoms with van der Waals surface area (Å²) in [6.07, 6.45) is 0. The standard InChI is InChI=1S/C23H25O5PS/c1-16(2)17-10-5-6-13-20(17)29(21-14-7-8-15-22(21)30(24,25)26)23-18(27-3)11-9-12-19(23)28-4/h5-16H,1-4H3,(H,24,25,26). The second-order valence-electron chi connectivity index (χ2n) is 7.00. The summed E-state index contributed by atoms with van der Waals surface area (Å²) in [5.74, 6) is 1.41. The lowest BCUT2D eigenvalue weighted by molar-refractivity contribution is 0.401. The maximum Gasteiger partial charge on any atom is 0.295 e. The zero-order valence-electron chi connectivity index (χ0n) is 17.4. The Morgan fingerprint density at radius 1 is 0.800 bits per heavy atom. The molecular weight excluding hydrogens is 419 g/mol. The Morgan fingerprint density at radius 3 is 1.87 bits per heavy atom. The van der Waals surface area contributed by atoms with Crippen molar-refractivity contribution < 1.29 is 22.4 Å². The molecule has 0 amide bonds. The molecule has 0 radical (unpaired) electrons. The van der Waals surface area contributed by atoms with Gasteiger partial charge in [0.25, 0.3) is 10.1 Å². The number of benzene rings is 3. The third kappa shape index (κ3) is 4.36. The van der Waals surface area contributed by atoms with Crippen LogP contribution in [0.2, 0.25) is 0 Å². The monoisotopic (exact) mass is 444 g/mol. The molecule has 30 heavy (non-hydrogen) atoms. The molecule has 0 bridgehead atoms. The van der Waals surface area contributed by atoms with E-state index in [1.165, 1.54) is 6.07 Å². The number of methoxy groups -OCH3 is 2. The molecule has 0 aromatic heterocycles. The first-order chi connectivity index (χ1) is 14.3. The van der Waals surface area contributed by atoms with E-state index in [0.29, 0.717) is 16.8 Å². The predicted octanol–water partition coefficient (Wildman–Crippen LogP) is 3.83. The lowest BCUT2D eigenvalue weighted by atomic mass is 10.0. The Labute approximate surface area is 179 Å². The van der Waals surface area contributed by atoms with Gasteiger partial charge in [-0.2, -0.15) is 8.42 Å². The first kappa shape index (κ1) is 22.3. The molecule has 3 aromatic carbocycles. The first-order valence-corrected chi connectivity index (χ1v) is 12.2. The summed E-state index contributed by atoms with van der Waals surface area (Å²) in [6.45, 7) is 4.20. The predicted molar refractivity (Wildman–Crippen MR) is 122 cm³/mol. The summed E-state index contributed by atoms with van der Waals surface area (Å²) >= 11 is 0. The van der Waals surface area contributed by atoms with Gasteiger partial charge in [-0.1, -0.05) is 62.4 Å². The van der Waals surface area contributed by atoms with Crippen molar-refractivity contribution in [1.29, 1.82) is 0 Å². The minimum atomic E-state index is -4.43. The number of rotatable bonds is 7. The van der Waals surface area contributed by atoms with E-state index >= 15 is 0 Å². The summed E-state index contributed by atoms with van der Waals surface area (Å²) in [4.78, 5) is -0.109. The van der Waals surface area contributed by atoms with Crippen molar-refractivity contribution in [3.63, 3.8) is 0 Å². The Hall–Kier alpha value is -2.40. The lowest BCUT2D eigenvalue weighted by Crippen LogP contribution is -2.28. The zero-order valence-corrected chi connectivity index (χ0v) is 19.1. The molecule has 7 heteroatoms. The maximum atomic E-state index is 12.3. The molecule has 3 rings (SSSR count). The van der Waals surface area contributed by atoms with E-state index in [0.717, 1.165) is 16.2 Å². The van der Waals surface area contributed by atoms with Crippen molar-refractivity contribution in [3.05, 3.63) is 72.3 Å². The molecule has 0 aliphatic carbocycles. The lowest BCUT2D eigenvalue weighted by Gasteiger charge is -2.27. The van der Waals surface area contributed by atoms with Crippen LogP contribution in [0.25, 0.3) is 0 Å². The SMILES string of the molecule is COc1cccc(OC)c1P(c1ccccc1C(C)C)c1ccccc1S(=O)(=O)O. The Kier molecular flexibility index (Phi) is 6.81. The van der Waals surface area contributed by atoms with Crippen LogP contribution in [0.1, 0.15) is 25.3 Å². The van der Waals surface area contributed by atoms with E-state index in [-0.39, 0.29) is 10.8 Å². The third-order valence-electron chi connectivity index (χ3n) is 4.81. The van der Waals surface area contributed by atoms with Gasteiger partial charge in [0, 0.05) is 5.30 Å². The molecule has 1 atom stereocenters. The molecule has 3 aromatic rings. The van der Waals surface area contributed by atoms with Crippen LogP contribution >= 0.6 is 7.92 Å². The van der Waals surface area contributed by atoms with E-state index in [1.54, 1.807) is 32.4 Å². The fourth-order valence-corrected chi connectivity index (χ4v) is 7.53. The van der Waals surface area contributed by atoms with Crippen molar-refractivity contribution in [2.75, 3.05) is 14.2 Å². The summed E-state index contributed by atoms with van der Waals surface area (Å²) < 4.78 is 45.8. The highest BCUT2D eigenvalue weighted by atomic mass is 32.2. The van der Waals surface area contributed by atoms with Crippen LogP contribution in [-0.2, 0) is 10.1 Å². The molecule has 1 N–H and O–H groups in total. The number of hydrogen-bond donors (Lipinski definition) is 1. The minimum Gasteiger partial charge on any atom is -0.496 e. The normalized spacial score (nSPS) is 12.6. The van der Waals surface area contributed by atoms with E-state index < -0.39 is 18.0 Å². The molecule has 0 spiro atoms. The van der Waals surface area contributed by atoms with Crippen LogP contribution in [0.4, 0.5) is 0 Å². The van der Waals surface area contributed by atoms with Crippen molar-refractivity contribution in [2.45, 2.75) is 24.7 Å². The van der Waals surface area contributed by atoms with Crippen molar-refractivity contribution in [2.24, 2.45) is 0 Å². The van der Waals surface area contributed by atoms with E-state index in [1.807, 2.05) is 42.5 Å². The summed E-state index contributed by atoms with van der Waals surface area (Å²) in [6, 6.07) is 20.0. The van der Waals surface area contributed by atoms with Crippen LogP contribution in [0.5, 0.6) is 11.5 Å². The quantitative estimate of drug-likeness (QED) is 0.443. The molecule has 0 heterocycles. The van der Waals surface area contributed by atoms with Crippen molar-refractivity contribution >= 4 is 34.0 Å². The highest BCUT2D eigenvalue weighted by molar-refractivity contribution is 7.88. The zero-order chi connectivity index (χ0) is 21.9. The second-order valence-corrected chi connectivity index (χ2v) is 10.5. The van der Waals surface area contributed by atoms with E-state index in [9.17, 15) is 13.0 Å². The fraction of sp³-hybridized carbons (Fsp3) is 0.217. The Balaban J connectivity index is 2.47. The van der Waals surface area contributed by atoms with Gasteiger partial charge in [0.15, 0.2) is 0 Å².